The van der Waals surface area contributed by atoms with Gasteiger partial charge in [0, 0.05) is 17.4 Å². The maximum Gasteiger partial charge on any atom is 0.407 e. The molecule has 0 bridgehead atoms. The number of esters is 2. The zero-order chi connectivity index (χ0) is 23.8. The summed E-state index contributed by atoms with van der Waals surface area (Å²) < 4.78 is 16.4. The lowest BCUT2D eigenvalue weighted by Gasteiger charge is -2.50. The van der Waals surface area contributed by atoms with E-state index in [1.807, 2.05) is 43.3 Å². The molecule has 4 rings (SSSR count). The van der Waals surface area contributed by atoms with Crippen LogP contribution in [0.2, 0.25) is 0 Å². The Kier molecular flexibility index (Phi) is 6.50. The molecule has 1 saturated carbocycles. The van der Waals surface area contributed by atoms with E-state index in [1.165, 1.54) is 0 Å². The number of hydrogen-bond donors (Lipinski definition) is 1. The number of amides is 1. The van der Waals surface area contributed by atoms with Crippen LogP contribution >= 0.6 is 0 Å². The molecule has 0 aromatic heterocycles. The van der Waals surface area contributed by atoms with Crippen molar-refractivity contribution in [3.8, 4) is 0 Å². The summed E-state index contributed by atoms with van der Waals surface area (Å²) in [6.45, 7) is 8.23. The molecule has 2 aliphatic carbocycles. The minimum atomic E-state index is -0.485. The summed E-state index contributed by atoms with van der Waals surface area (Å²) in [4.78, 5) is 38.3. The zero-order valence-electron chi connectivity index (χ0n) is 19.7. The van der Waals surface area contributed by atoms with Gasteiger partial charge in [-0.05, 0) is 38.2 Å². The molecule has 3 aliphatic rings. The minimum Gasteiger partial charge on any atom is -0.462 e. The molecule has 2 fully saturated rings. The smallest absolute Gasteiger partial charge is 0.407 e. The highest BCUT2D eigenvalue weighted by Gasteiger charge is 2.58. The summed E-state index contributed by atoms with van der Waals surface area (Å²) in [6, 6.07) is 9.41. The van der Waals surface area contributed by atoms with E-state index >= 15 is 0 Å². The molecule has 1 aromatic rings. The van der Waals surface area contributed by atoms with Crippen LogP contribution in [0.4, 0.5) is 4.79 Å². The van der Waals surface area contributed by atoms with E-state index in [-0.39, 0.29) is 42.5 Å². The maximum atomic E-state index is 13.5. The van der Waals surface area contributed by atoms with Crippen molar-refractivity contribution in [3.05, 3.63) is 47.5 Å². The number of cyclic esters (lactones) is 1. The molecule has 1 heterocycles. The van der Waals surface area contributed by atoms with Crippen LogP contribution in [0.3, 0.4) is 0 Å². The van der Waals surface area contributed by atoms with E-state index < -0.39 is 23.3 Å². The van der Waals surface area contributed by atoms with Crippen LogP contribution in [-0.2, 0) is 30.4 Å². The number of ether oxygens (including phenoxy) is 3. The van der Waals surface area contributed by atoms with Crippen molar-refractivity contribution in [2.45, 2.75) is 59.3 Å². The van der Waals surface area contributed by atoms with Gasteiger partial charge in [-0.3, -0.25) is 9.59 Å². The third-order valence-electron chi connectivity index (χ3n) is 7.58. The largest absolute Gasteiger partial charge is 0.462 e. The molecule has 0 radical (unpaired) electrons. The van der Waals surface area contributed by atoms with E-state index in [0.717, 1.165) is 11.1 Å². The number of carbonyl (C=O) groups is 3. The number of alkyl carbamates (subject to hydrolysis) is 1. The quantitative estimate of drug-likeness (QED) is 0.410. The van der Waals surface area contributed by atoms with Gasteiger partial charge in [-0.1, -0.05) is 55.8 Å². The van der Waals surface area contributed by atoms with Crippen molar-refractivity contribution in [3.63, 3.8) is 0 Å². The Morgan fingerprint density at radius 2 is 1.88 bits per heavy atom. The number of carbonyl (C=O) groups excluding carboxylic acids is 3. The molecule has 1 amide bonds. The normalized spacial score (nSPS) is 32.0. The highest BCUT2D eigenvalue weighted by atomic mass is 16.6. The SMILES string of the molecule is CCOC(=O)N[C@H]1CC[C@@H]2C(=C[C@H]3C(=O)O[C@H](C)[C@H]3[C@H]2C(=O)OCc2ccccc2)C1(C)C. The number of fused-ring (bicyclic) bond motifs is 2. The van der Waals surface area contributed by atoms with E-state index in [0.29, 0.717) is 19.4 Å². The number of nitrogens with one attached hydrogen (secondary N) is 1. The van der Waals surface area contributed by atoms with Crippen molar-refractivity contribution in [1.29, 1.82) is 0 Å². The Morgan fingerprint density at radius 3 is 2.58 bits per heavy atom. The molecule has 7 heteroatoms. The Hall–Kier alpha value is -2.83. The second kappa shape index (κ2) is 9.20. The number of rotatable bonds is 5. The van der Waals surface area contributed by atoms with Crippen LogP contribution in [0.25, 0.3) is 0 Å². The first-order chi connectivity index (χ1) is 15.7. The summed E-state index contributed by atoms with van der Waals surface area (Å²) in [6.07, 6.45) is 2.61. The lowest BCUT2D eigenvalue weighted by Crippen LogP contribution is -2.54. The minimum absolute atomic E-state index is 0.0679. The zero-order valence-corrected chi connectivity index (χ0v) is 19.7. The first kappa shape index (κ1) is 23.3. The predicted octanol–water partition coefficient (Wildman–Crippen LogP) is 4.01. The molecule has 0 spiro atoms. The lowest BCUT2D eigenvalue weighted by molar-refractivity contribution is -0.156. The molecular formula is C26H33NO6. The summed E-state index contributed by atoms with van der Waals surface area (Å²) >= 11 is 0. The van der Waals surface area contributed by atoms with E-state index in [4.69, 9.17) is 14.2 Å². The van der Waals surface area contributed by atoms with Crippen molar-refractivity contribution in [1.82, 2.24) is 5.32 Å². The van der Waals surface area contributed by atoms with Crippen LogP contribution in [-0.4, -0.2) is 36.8 Å². The fourth-order valence-electron chi connectivity index (χ4n) is 5.91. The van der Waals surface area contributed by atoms with Crippen molar-refractivity contribution >= 4 is 18.0 Å². The Morgan fingerprint density at radius 1 is 1.15 bits per heavy atom. The predicted molar refractivity (Wildman–Crippen MR) is 121 cm³/mol. The van der Waals surface area contributed by atoms with Crippen LogP contribution in [0.5, 0.6) is 0 Å². The van der Waals surface area contributed by atoms with Crippen LogP contribution in [0.15, 0.2) is 42.0 Å². The van der Waals surface area contributed by atoms with E-state index in [9.17, 15) is 14.4 Å². The molecule has 1 aliphatic heterocycles. The average Bonchev–Trinajstić information content (AvgIpc) is 3.07. The van der Waals surface area contributed by atoms with Gasteiger partial charge in [0.1, 0.15) is 12.7 Å². The molecule has 1 aromatic carbocycles. The van der Waals surface area contributed by atoms with Crippen molar-refractivity contribution in [2.75, 3.05) is 6.61 Å². The first-order valence-corrected chi connectivity index (χ1v) is 11.8. The summed E-state index contributed by atoms with van der Waals surface area (Å²) in [7, 11) is 0. The molecule has 178 valence electrons. The second-order valence-electron chi connectivity index (χ2n) is 9.81. The Balaban J connectivity index is 1.62. The maximum absolute atomic E-state index is 13.5. The van der Waals surface area contributed by atoms with Gasteiger partial charge < -0.3 is 19.5 Å². The van der Waals surface area contributed by atoms with Gasteiger partial charge in [-0.25, -0.2) is 4.79 Å². The van der Waals surface area contributed by atoms with E-state index in [2.05, 4.69) is 19.2 Å². The van der Waals surface area contributed by atoms with Gasteiger partial charge >= 0.3 is 18.0 Å². The van der Waals surface area contributed by atoms with Crippen LogP contribution in [0, 0.1) is 29.1 Å². The average molecular weight is 456 g/mol. The third-order valence-corrected chi connectivity index (χ3v) is 7.58. The molecule has 1 N–H and O–H groups in total. The highest BCUT2D eigenvalue weighted by molar-refractivity contribution is 5.82. The molecule has 0 unspecified atom stereocenters. The van der Waals surface area contributed by atoms with Crippen molar-refractivity contribution < 1.29 is 28.6 Å². The topological polar surface area (TPSA) is 90.9 Å². The summed E-state index contributed by atoms with van der Waals surface area (Å²) in [5, 5.41) is 2.98. The first-order valence-electron chi connectivity index (χ1n) is 11.8. The van der Waals surface area contributed by atoms with Gasteiger partial charge in [0.05, 0.1) is 18.4 Å². The lowest BCUT2D eigenvalue weighted by atomic mass is 9.55. The van der Waals surface area contributed by atoms with Gasteiger partial charge in [-0.2, -0.15) is 0 Å². The Labute approximate surface area is 194 Å². The molecule has 7 nitrogen and oxygen atoms in total. The number of benzene rings is 1. The second-order valence-corrected chi connectivity index (χ2v) is 9.81. The van der Waals surface area contributed by atoms with Crippen LogP contribution < -0.4 is 5.32 Å². The van der Waals surface area contributed by atoms with Gasteiger partial charge in [0.25, 0.3) is 0 Å². The molecule has 6 atom stereocenters. The number of hydrogen-bond acceptors (Lipinski definition) is 6. The monoisotopic (exact) mass is 455 g/mol. The van der Waals surface area contributed by atoms with E-state index in [1.54, 1.807) is 6.92 Å². The fourth-order valence-corrected chi connectivity index (χ4v) is 5.91. The van der Waals surface area contributed by atoms with Gasteiger partial charge in [0.2, 0.25) is 0 Å². The van der Waals surface area contributed by atoms with Crippen LogP contribution in [0.1, 0.15) is 46.1 Å². The highest BCUT2D eigenvalue weighted by Crippen LogP contribution is 2.55. The Bertz CT molecular complexity index is 939. The molecule has 1 saturated heterocycles. The van der Waals surface area contributed by atoms with Crippen molar-refractivity contribution in [2.24, 2.45) is 29.1 Å². The molecular weight excluding hydrogens is 422 g/mol. The fraction of sp³-hybridized carbons (Fsp3) is 0.577. The van der Waals surface area contributed by atoms with Gasteiger partial charge in [0.15, 0.2) is 0 Å². The standard InChI is InChI=1S/C26H33NO6/c1-5-31-25(30)27-20-12-11-17-19(26(20,3)4)13-18-21(15(2)33-23(18)28)22(17)24(29)32-14-16-9-7-6-8-10-16/h6-10,13,15,17-18,20-22H,5,11-12,14H2,1-4H3,(H,27,30)/t15-,17-,18-,20+,21-,22+/m1/s1. The molecule has 33 heavy (non-hydrogen) atoms. The summed E-state index contributed by atoms with van der Waals surface area (Å²) in [5.74, 6) is -1.86. The third kappa shape index (κ3) is 4.37. The van der Waals surface area contributed by atoms with Gasteiger partial charge in [-0.15, -0.1) is 0 Å². The summed E-state index contributed by atoms with van der Waals surface area (Å²) in [5.41, 5.74) is 1.48.